The Hall–Kier alpha value is -2.79. The fraction of sp³-hybridized carbons (Fsp3) is 0.645. The van der Waals surface area contributed by atoms with Gasteiger partial charge in [0.1, 0.15) is 30.5 Å². The maximum absolute atomic E-state index is 13.1. The van der Waals surface area contributed by atoms with E-state index in [1.165, 1.54) is 19.1 Å². The summed E-state index contributed by atoms with van der Waals surface area (Å²) in [5.41, 5.74) is -0.846. The molecule has 0 radical (unpaired) electrons. The molecular formula is C31H40O10. The number of cyclic esters (lactones) is 1. The number of allylic oxidation sites excluding steroid dienone is 2. The molecule has 2 spiro atoms. The summed E-state index contributed by atoms with van der Waals surface area (Å²) in [6.07, 6.45) is 7.43. The van der Waals surface area contributed by atoms with Gasteiger partial charge in [-0.1, -0.05) is 36.8 Å². The van der Waals surface area contributed by atoms with E-state index in [2.05, 4.69) is 0 Å². The monoisotopic (exact) mass is 572 g/mol. The van der Waals surface area contributed by atoms with Crippen molar-refractivity contribution in [3.63, 3.8) is 0 Å². The molecule has 3 fully saturated rings. The quantitative estimate of drug-likeness (QED) is 0.228. The van der Waals surface area contributed by atoms with Crippen LogP contribution in [0.5, 0.6) is 0 Å². The van der Waals surface area contributed by atoms with Crippen LogP contribution in [0.25, 0.3) is 0 Å². The standard InChI is InChI=1S/C31H40O10/c1-18-10-11-36-22(20(3)32)8-6-7-9-27(34)41-24-14-26-31(17-38-31)29(24,5)30(16-37-28(35)12-18)15-23(39-21(4)33)19(2)13-25(30)40-26/h6-9,12-13,20,22-26,32H,10-11,14-17H2,1-5H3/b8-6-,9-7-,18-12-/t20-,22-,23+,24-,25-,26-,29-,30-,31?/m1/s1. The van der Waals surface area contributed by atoms with Gasteiger partial charge in [0.05, 0.1) is 42.4 Å². The highest BCUT2D eigenvalue weighted by Gasteiger charge is 2.83. The lowest BCUT2D eigenvalue weighted by atomic mass is 9.51. The molecule has 3 heterocycles. The average molecular weight is 573 g/mol. The van der Waals surface area contributed by atoms with Gasteiger partial charge in [0.25, 0.3) is 0 Å². The number of rotatable bonds is 2. The van der Waals surface area contributed by atoms with Gasteiger partial charge >= 0.3 is 17.9 Å². The number of carbonyl (C=O) groups is 3. The molecule has 0 aromatic heterocycles. The smallest absolute Gasteiger partial charge is 0.331 e. The van der Waals surface area contributed by atoms with E-state index in [9.17, 15) is 19.5 Å². The van der Waals surface area contributed by atoms with Crippen LogP contribution in [0.15, 0.2) is 47.6 Å². The summed E-state index contributed by atoms with van der Waals surface area (Å²) in [5, 5.41) is 10.1. The zero-order valence-corrected chi connectivity index (χ0v) is 24.3. The number of ether oxygens (including phenoxy) is 6. The second kappa shape index (κ2) is 11.1. The number of hydrogen-bond acceptors (Lipinski definition) is 10. The van der Waals surface area contributed by atoms with Gasteiger partial charge < -0.3 is 33.5 Å². The minimum atomic E-state index is -0.916. The normalized spacial score (nSPS) is 44.5. The van der Waals surface area contributed by atoms with Crippen molar-refractivity contribution in [2.45, 2.75) is 96.1 Å². The molecule has 1 saturated carbocycles. The first-order valence-electron chi connectivity index (χ1n) is 14.3. The van der Waals surface area contributed by atoms with Gasteiger partial charge in [0.15, 0.2) is 0 Å². The number of hydrogen-bond donors (Lipinski definition) is 1. The zero-order valence-electron chi connectivity index (χ0n) is 24.3. The molecule has 1 N–H and O–H groups in total. The van der Waals surface area contributed by atoms with Crippen LogP contribution in [0, 0.1) is 10.8 Å². The average Bonchev–Trinajstić information content (AvgIpc) is 3.67. The summed E-state index contributed by atoms with van der Waals surface area (Å²) in [5.74, 6) is -1.48. The first kappa shape index (κ1) is 29.7. The third kappa shape index (κ3) is 5.20. The molecule has 3 aliphatic heterocycles. The van der Waals surface area contributed by atoms with Gasteiger partial charge in [0.2, 0.25) is 0 Å². The molecule has 2 bridgehead atoms. The van der Waals surface area contributed by atoms with Crippen LogP contribution in [0.2, 0.25) is 0 Å². The molecule has 0 amide bonds. The van der Waals surface area contributed by atoms with Gasteiger partial charge in [-0.3, -0.25) is 4.79 Å². The van der Waals surface area contributed by atoms with Crippen LogP contribution in [-0.2, 0) is 42.8 Å². The van der Waals surface area contributed by atoms with Crippen molar-refractivity contribution < 1.29 is 47.9 Å². The maximum Gasteiger partial charge on any atom is 0.331 e. The molecule has 0 aromatic rings. The summed E-state index contributed by atoms with van der Waals surface area (Å²) in [4.78, 5) is 38.2. The van der Waals surface area contributed by atoms with E-state index in [0.29, 0.717) is 25.9 Å². The van der Waals surface area contributed by atoms with Crippen molar-refractivity contribution in [2.75, 3.05) is 19.8 Å². The Labute approximate surface area is 240 Å². The van der Waals surface area contributed by atoms with E-state index in [1.54, 1.807) is 25.2 Å². The minimum absolute atomic E-state index is 0.0522. The van der Waals surface area contributed by atoms with Crippen molar-refractivity contribution in [1.29, 1.82) is 0 Å². The van der Waals surface area contributed by atoms with Gasteiger partial charge in [-0.15, -0.1) is 0 Å². The first-order chi connectivity index (χ1) is 19.4. The molecule has 0 aromatic carbocycles. The number of epoxide rings is 1. The fourth-order valence-corrected chi connectivity index (χ4v) is 7.17. The fourth-order valence-electron chi connectivity index (χ4n) is 7.17. The van der Waals surface area contributed by atoms with Crippen LogP contribution >= 0.6 is 0 Å². The summed E-state index contributed by atoms with van der Waals surface area (Å²) in [6.45, 7) is 9.36. The molecule has 9 atom stereocenters. The molecular weight excluding hydrogens is 532 g/mol. The van der Waals surface area contributed by atoms with Crippen molar-refractivity contribution >= 4 is 17.9 Å². The van der Waals surface area contributed by atoms with E-state index in [1.807, 2.05) is 26.8 Å². The van der Waals surface area contributed by atoms with Crippen LogP contribution in [0.3, 0.4) is 0 Å². The molecule has 2 saturated heterocycles. The van der Waals surface area contributed by atoms with Crippen molar-refractivity contribution in [3.8, 4) is 0 Å². The molecule has 5 rings (SSSR count). The zero-order chi connectivity index (χ0) is 29.6. The highest BCUT2D eigenvalue weighted by Crippen LogP contribution is 2.72. The summed E-state index contributed by atoms with van der Waals surface area (Å²) in [7, 11) is 0. The molecule has 1 unspecified atom stereocenters. The number of esters is 3. The Kier molecular flexibility index (Phi) is 8.06. The second-order valence-electron chi connectivity index (χ2n) is 12.1. The second-order valence-corrected chi connectivity index (χ2v) is 12.1. The third-order valence-electron chi connectivity index (χ3n) is 9.62. The topological polar surface area (TPSA) is 130 Å². The van der Waals surface area contributed by atoms with Crippen molar-refractivity contribution in [1.82, 2.24) is 0 Å². The number of aliphatic hydroxyl groups is 1. The highest BCUT2D eigenvalue weighted by atomic mass is 16.6. The van der Waals surface area contributed by atoms with E-state index in [0.717, 1.165) is 11.1 Å². The Morgan fingerprint density at radius 3 is 2.59 bits per heavy atom. The van der Waals surface area contributed by atoms with Crippen molar-refractivity contribution in [3.05, 3.63) is 47.6 Å². The Balaban J connectivity index is 1.55. The van der Waals surface area contributed by atoms with E-state index in [4.69, 9.17) is 28.4 Å². The van der Waals surface area contributed by atoms with Crippen LogP contribution in [0.4, 0.5) is 0 Å². The molecule has 2 aliphatic carbocycles. The Morgan fingerprint density at radius 1 is 1.15 bits per heavy atom. The lowest BCUT2D eigenvalue weighted by molar-refractivity contribution is -0.239. The molecule has 5 aliphatic rings. The van der Waals surface area contributed by atoms with Crippen LogP contribution in [0.1, 0.15) is 53.9 Å². The highest BCUT2D eigenvalue weighted by molar-refractivity contribution is 5.83. The Bertz CT molecular complexity index is 1190. The summed E-state index contributed by atoms with van der Waals surface area (Å²) < 4.78 is 36.3. The van der Waals surface area contributed by atoms with Gasteiger partial charge in [0, 0.05) is 31.9 Å². The molecule has 224 valence electrons. The van der Waals surface area contributed by atoms with Gasteiger partial charge in [-0.2, -0.15) is 0 Å². The van der Waals surface area contributed by atoms with Crippen molar-refractivity contribution in [2.24, 2.45) is 10.8 Å². The SMILES string of the molecule is CC(=O)O[C@H]1C[C@@]23COC(=O)/C=C(/C)CCO[C@@H]([C@@H](C)O)/C=C\C=C/C(=O)O[C@@H]4C[C@@H](O[C@@H]2C=C1C)C1(CO1)[C@]43C. The summed E-state index contributed by atoms with van der Waals surface area (Å²) in [6, 6.07) is 0. The van der Waals surface area contributed by atoms with Crippen LogP contribution in [-0.4, -0.2) is 85.1 Å². The van der Waals surface area contributed by atoms with E-state index in [-0.39, 0.29) is 19.3 Å². The van der Waals surface area contributed by atoms with Gasteiger partial charge in [-0.05, 0) is 32.8 Å². The number of aliphatic hydroxyl groups excluding tert-OH is 1. The van der Waals surface area contributed by atoms with E-state index < -0.39 is 64.9 Å². The molecule has 10 heteroatoms. The maximum atomic E-state index is 13.1. The largest absolute Gasteiger partial charge is 0.462 e. The summed E-state index contributed by atoms with van der Waals surface area (Å²) >= 11 is 0. The predicted molar refractivity (Wildman–Crippen MR) is 145 cm³/mol. The molecule has 10 nitrogen and oxygen atoms in total. The minimum Gasteiger partial charge on any atom is -0.462 e. The lowest BCUT2D eigenvalue weighted by Crippen LogP contribution is -2.68. The molecule has 41 heavy (non-hydrogen) atoms. The lowest BCUT2D eigenvalue weighted by Gasteiger charge is -2.59. The predicted octanol–water partition coefficient (Wildman–Crippen LogP) is 2.88. The van der Waals surface area contributed by atoms with Gasteiger partial charge in [-0.25, -0.2) is 9.59 Å². The van der Waals surface area contributed by atoms with E-state index >= 15 is 0 Å². The van der Waals surface area contributed by atoms with Crippen LogP contribution < -0.4 is 0 Å². The first-order valence-corrected chi connectivity index (χ1v) is 14.3. The Morgan fingerprint density at radius 2 is 1.90 bits per heavy atom. The number of carbonyl (C=O) groups excluding carboxylic acids is 3. The third-order valence-corrected chi connectivity index (χ3v) is 9.62.